The molecule has 0 aromatic heterocycles. The van der Waals surface area contributed by atoms with Gasteiger partial charge in [-0.3, -0.25) is 4.79 Å². The summed E-state index contributed by atoms with van der Waals surface area (Å²) < 4.78 is 46.1. The Bertz CT molecular complexity index is 1230. The van der Waals surface area contributed by atoms with Crippen LogP contribution in [-0.2, 0) is 6.42 Å². The molecule has 0 spiro atoms. The summed E-state index contributed by atoms with van der Waals surface area (Å²) in [5.74, 6) is 6.42. The van der Waals surface area contributed by atoms with E-state index in [2.05, 4.69) is 34.4 Å². The normalized spacial score (nSPS) is 17.7. The topological polar surface area (TPSA) is 60.1 Å². The molecule has 2 aromatic carbocycles. The maximum absolute atomic E-state index is 13.6. The lowest BCUT2D eigenvalue weighted by Gasteiger charge is -2.30. The van der Waals surface area contributed by atoms with Crippen LogP contribution in [-0.4, -0.2) is 88.4 Å². The second-order valence-electron chi connectivity index (χ2n) is 10.3. The highest BCUT2D eigenvalue weighted by atomic mass is 19.4. The van der Waals surface area contributed by atoms with Crippen molar-refractivity contribution in [2.24, 2.45) is 0 Å². The van der Waals surface area contributed by atoms with Crippen LogP contribution < -0.4 is 20.3 Å². The molecule has 1 fully saturated rings. The Morgan fingerprint density at radius 2 is 1.90 bits per heavy atom. The zero-order valence-electron chi connectivity index (χ0n) is 22.9. The van der Waals surface area contributed by atoms with Crippen molar-refractivity contribution in [3.63, 3.8) is 0 Å². The van der Waals surface area contributed by atoms with Gasteiger partial charge in [-0.25, -0.2) is 0 Å². The van der Waals surface area contributed by atoms with Gasteiger partial charge in [0, 0.05) is 49.1 Å². The largest absolute Gasteiger partial charge is 0.495 e. The van der Waals surface area contributed by atoms with Crippen molar-refractivity contribution in [3.8, 4) is 17.6 Å². The van der Waals surface area contributed by atoms with Crippen molar-refractivity contribution in [2.75, 3.05) is 70.0 Å². The number of ether oxygens (including phenoxy) is 1. The van der Waals surface area contributed by atoms with Gasteiger partial charge in [-0.2, -0.15) is 13.2 Å². The van der Waals surface area contributed by atoms with Crippen molar-refractivity contribution in [1.82, 2.24) is 9.80 Å². The molecule has 2 aliphatic heterocycles. The number of carbonyl (C=O) groups is 1. The monoisotopic (exact) mass is 543 g/mol. The van der Waals surface area contributed by atoms with Crippen LogP contribution in [0, 0.1) is 11.8 Å². The van der Waals surface area contributed by atoms with Crippen LogP contribution in [0.15, 0.2) is 36.4 Å². The number of rotatable bonds is 7. The number of nitrogens with one attached hydrogen (secondary N) is 2. The van der Waals surface area contributed by atoms with E-state index in [1.54, 1.807) is 38.4 Å². The SMILES string of the molecule is COc1cc(C(=O)N(C)C)ccc1NCC#CC1Cc2c(NC3CCN(C)CC3)cccc2N1CC(F)(F)F. The molecular weight excluding hydrogens is 507 g/mol. The lowest BCUT2D eigenvalue weighted by atomic mass is 10.0. The Labute approximate surface area is 228 Å². The van der Waals surface area contributed by atoms with E-state index >= 15 is 0 Å². The quantitative estimate of drug-likeness (QED) is 0.508. The van der Waals surface area contributed by atoms with Crippen molar-refractivity contribution in [3.05, 3.63) is 47.5 Å². The molecule has 1 amide bonds. The van der Waals surface area contributed by atoms with E-state index in [-0.39, 0.29) is 12.5 Å². The first kappa shape index (κ1) is 28.4. The van der Waals surface area contributed by atoms with Gasteiger partial charge in [0.15, 0.2) is 0 Å². The fourth-order valence-electron chi connectivity index (χ4n) is 5.09. The smallest absolute Gasteiger partial charge is 0.405 e. The summed E-state index contributed by atoms with van der Waals surface area (Å²) in [6.07, 6.45) is -1.95. The summed E-state index contributed by atoms with van der Waals surface area (Å²) >= 11 is 0. The number of likely N-dealkylation sites (tertiary alicyclic amines) is 1. The molecule has 7 nitrogen and oxygen atoms in total. The number of methoxy groups -OCH3 is 1. The minimum atomic E-state index is -4.35. The van der Waals surface area contributed by atoms with Crippen LogP contribution in [0.1, 0.15) is 28.8 Å². The molecule has 39 heavy (non-hydrogen) atoms. The minimum Gasteiger partial charge on any atom is -0.495 e. The van der Waals surface area contributed by atoms with Gasteiger partial charge in [0.1, 0.15) is 12.3 Å². The van der Waals surface area contributed by atoms with Crippen LogP contribution in [0.5, 0.6) is 5.75 Å². The third-order valence-corrected chi connectivity index (χ3v) is 7.15. The molecule has 1 unspecified atom stereocenters. The minimum absolute atomic E-state index is 0.144. The maximum Gasteiger partial charge on any atom is 0.405 e. The van der Waals surface area contributed by atoms with E-state index in [4.69, 9.17) is 4.74 Å². The number of nitrogens with zero attached hydrogens (tertiary/aromatic N) is 3. The Balaban J connectivity index is 1.48. The number of amides is 1. The maximum atomic E-state index is 13.6. The zero-order chi connectivity index (χ0) is 28.2. The predicted octanol–water partition coefficient (Wildman–Crippen LogP) is 4.31. The Morgan fingerprint density at radius 3 is 2.56 bits per heavy atom. The first-order chi connectivity index (χ1) is 18.6. The number of benzene rings is 2. The number of hydrogen-bond acceptors (Lipinski definition) is 6. The third kappa shape index (κ3) is 7.09. The van der Waals surface area contributed by atoms with Crippen LogP contribution >= 0.6 is 0 Å². The van der Waals surface area contributed by atoms with E-state index in [1.165, 1.54) is 16.9 Å². The van der Waals surface area contributed by atoms with Crippen LogP contribution in [0.25, 0.3) is 0 Å². The Kier molecular flexibility index (Phi) is 8.80. The van der Waals surface area contributed by atoms with Crippen molar-refractivity contribution >= 4 is 23.0 Å². The number of fused-ring (bicyclic) bond motifs is 1. The Morgan fingerprint density at radius 1 is 1.15 bits per heavy atom. The highest BCUT2D eigenvalue weighted by Gasteiger charge is 2.38. The van der Waals surface area contributed by atoms with Gasteiger partial charge in [0.05, 0.1) is 25.4 Å². The number of piperidine rings is 1. The van der Waals surface area contributed by atoms with Crippen LogP contribution in [0.2, 0.25) is 0 Å². The van der Waals surface area contributed by atoms with Crippen LogP contribution in [0.3, 0.4) is 0 Å². The number of hydrogen-bond donors (Lipinski definition) is 2. The number of carbonyl (C=O) groups excluding carboxylic acids is 1. The summed E-state index contributed by atoms with van der Waals surface area (Å²) in [7, 11) is 6.96. The number of halogens is 3. The molecule has 4 rings (SSSR count). The zero-order valence-corrected chi connectivity index (χ0v) is 22.9. The second kappa shape index (κ2) is 12.1. The summed E-state index contributed by atoms with van der Waals surface area (Å²) in [4.78, 5) is 17.4. The van der Waals surface area contributed by atoms with Gasteiger partial charge < -0.3 is 30.1 Å². The van der Waals surface area contributed by atoms with Crippen molar-refractivity contribution in [1.29, 1.82) is 0 Å². The summed E-state index contributed by atoms with van der Waals surface area (Å²) in [5.41, 5.74) is 3.50. The third-order valence-electron chi connectivity index (χ3n) is 7.15. The highest BCUT2D eigenvalue weighted by molar-refractivity contribution is 5.95. The summed E-state index contributed by atoms with van der Waals surface area (Å²) in [5, 5.41) is 6.75. The standard InChI is InChI=1S/C29H36F3N5O2/c1-35(2)28(38)20-10-11-25(27(17-20)39-4)33-14-6-7-22-18-23-24(34-21-12-15-36(3)16-13-21)8-5-9-26(23)37(22)19-29(30,31)32/h5,8-11,17,21-22,33-34H,12-16,18-19H2,1-4H3. The van der Waals surface area contributed by atoms with E-state index in [0.717, 1.165) is 37.2 Å². The summed E-state index contributed by atoms with van der Waals surface area (Å²) in [6.45, 7) is 1.14. The molecule has 10 heteroatoms. The molecule has 2 heterocycles. The lowest BCUT2D eigenvalue weighted by Crippen LogP contribution is -2.39. The first-order valence-corrected chi connectivity index (χ1v) is 13.1. The van der Waals surface area contributed by atoms with Crippen LogP contribution in [0.4, 0.5) is 30.2 Å². The van der Waals surface area contributed by atoms with E-state index < -0.39 is 18.8 Å². The van der Waals surface area contributed by atoms with E-state index in [0.29, 0.717) is 35.2 Å². The van der Waals surface area contributed by atoms with Gasteiger partial charge in [0.25, 0.3) is 5.91 Å². The van der Waals surface area contributed by atoms with Gasteiger partial charge in [-0.1, -0.05) is 17.9 Å². The molecular formula is C29H36F3N5O2. The molecule has 1 saturated heterocycles. The molecule has 0 saturated carbocycles. The molecule has 2 aromatic rings. The van der Waals surface area contributed by atoms with Gasteiger partial charge in [-0.15, -0.1) is 0 Å². The highest BCUT2D eigenvalue weighted by Crippen LogP contribution is 2.39. The van der Waals surface area contributed by atoms with Crippen molar-refractivity contribution < 1.29 is 22.7 Å². The molecule has 1 atom stereocenters. The Hall–Kier alpha value is -3.58. The fourth-order valence-corrected chi connectivity index (χ4v) is 5.09. The lowest BCUT2D eigenvalue weighted by molar-refractivity contribution is -0.120. The molecule has 210 valence electrons. The fraction of sp³-hybridized carbons (Fsp3) is 0.483. The van der Waals surface area contributed by atoms with Crippen molar-refractivity contribution in [2.45, 2.75) is 37.5 Å². The predicted molar refractivity (Wildman–Crippen MR) is 149 cm³/mol. The van der Waals surface area contributed by atoms with E-state index in [1.807, 2.05) is 12.1 Å². The average Bonchev–Trinajstić information content (AvgIpc) is 3.24. The van der Waals surface area contributed by atoms with E-state index in [9.17, 15) is 18.0 Å². The van der Waals surface area contributed by atoms with Gasteiger partial charge in [0.2, 0.25) is 0 Å². The molecule has 2 N–H and O–H groups in total. The second-order valence-corrected chi connectivity index (χ2v) is 10.3. The molecule has 0 radical (unpaired) electrons. The average molecular weight is 544 g/mol. The number of alkyl halides is 3. The molecule has 0 bridgehead atoms. The van der Waals surface area contributed by atoms with Gasteiger partial charge in [-0.05, 0) is 63.3 Å². The number of anilines is 3. The summed E-state index contributed by atoms with van der Waals surface area (Å²) in [6, 6.07) is 10.3. The molecule has 0 aliphatic carbocycles. The first-order valence-electron chi connectivity index (χ1n) is 13.1. The molecule has 2 aliphatic rings. The van der Waals surface area contributed by atoms with Gasteiger partial charge >= 0.3 is 6.18 Å².